The van der Waals surface area contributed by atoms with Crippen molar-refractivity contribution >= 4 is 17.3 Å². The number of hydrogen-bond acceptors (Lipinski definition) is 4. The minimum Gasteiger partial charge on any atom is -0.367 e. The molecule has 1 aliphatic rings. The van der Waals surface area contributed by atoms with Crippen LogP contribution in [0.3, 0.4) is 0 Å². The van der Waals surface area contributed by atoms with E-state index in [0.717, 1.165) is 35.5 Å². The first-order valence-electron chi connectivity index (χ1n) is 10.2. The third-order valence-corrected chi connectivity index (χ3v) is 5.34. The highest BCUT2D eigenvalue weighted by Gasteiger charge is 2.22. The molecule has 0 amide bonds. The molecular formula is C27H21N3O. The van der Waals surface area contributed by atoms with Crippen molar-refractivity contribution in [2.24, 2.45) is 0 Å². The van der Waals surface area contributed by atoms with E-state index in [0.29, 0.717) is 24.4 Å². The van der Waals surface area contributed by atoms with Gasteiger partial charge in [-0.25, -0.2) is 4.79 Å². The van der Waals surface area contributed by atoms with Gasteiger partial charge in [-0.2, -0.15) is 5.26 Å². The quantitative estimate of drug-likeness (QED) is 0.491. The molecule has 1 heterocycles. The summed E-state index contributed by atoms with van der Waals surface area (Å²) in [6, 6.07) is 27.4. The highest BCUT2D eigenvalue weighted by molar-refractivity contribution is 5.86. The fraction of sp³-hybridized carbons (Fsp3) is 0.148. The van der Waals surface area contributed by atoms with Gasteiger partial charge in [-0.05, 0) is 36.4 Å². The predicted molar refractivity (Wildman–Crippen MR) is 123 cm³/mol. The number of para-hydroxylation sites is 1. The summed E-state index contributed by atoms with van der Waals surface area (Å²) in [7, 11) is 0. The Bertz CT molecular complexity index is 1200. The number of carbonyl (C=O) groups excluding carboxylic acids is 1. The molecule has 3 aromatic rings. The van der Waals surface area contributed by atoms with E-state index in [-0.39, 0.29) is 0 Å². The summed E-state index contributed by atoms with van der Waals surface area (Å²) < 4.78 is 0. The van der Waals surface area contributed by atoms with Crippen molar-refractivity contribution in [3.05, 3.63) is 101 Å². The lowest BCUT2D eigenvalue weighted by Crippen LogP contribution is -2.45. The average Bonchev–Trinajstić information content (AvgIpc) is 2.85. The Morgan fingerprint density at radius 3 is 2.00 bits per heavy atom. The van der Waals surface area contributed by atoms with Gasteiger partial charge in [0, 0.05) is 42.9 Å². The van der Waals surface area contributed by atoms with Gasteiger partial charge < -0.3 is 9.80 Å². The van der Waals surface area contributed by atoms with Gasteiger partial charge >= 0.3 is 0 Å². The monoisotopic (exact) mass is 403 g/mol. The van der Waals surface area contributed by atoms with E-state index in [2.05, 4.69) is 33.7 Å². The van der Waals surface area contributed by atoms with Crippen LogP contribution in [-0.4, -0.2) is 37.0 Å². The molecule has 0 aromatic heterocycles. The summed E-state index contributed by atoms with van der Waals surface area (Å²) in [4.78, 5) is 16.0. The lowest BCUT2D eigenvalue weighted by molar-refractivity contribution is 0.368. The Morgan fingerprint density at radius 2 is 1.35 bits per heavy atom. The van der Waals surface area contributed by atoms with E-state index in [1.807, 2.05) is 78.9 Å². The number of nitrogens with zero attached hydrogens (tertiary/aromatic N) is 3. The van der Waals surface area contributed by atoms with Crippen molar-refractivity contribution in [3.63, 3.8) is 0 Å². The standard InChI is InChI=1S/C27H21N3O/c28-20-25-8-4-5-9-26(25)29-16-18-30(19-17-29)27(21-31)24-14-12-23(13-15-24)11-10-22-6-2-1-3-7-22/h1-9,12-15H,16-19H2. The molecule has 0 radical (unpaired) electrons. The smallest absolute Gasteiger partial charge is 0.151 e. The van der Waals surface area contributed by atoms with Gasteiger partial charge in [0.1, 0.15) is 11.8 Å². The SMILES string of the molecule is N#Cc1ccccc1N1CCN(C(=C=O)c2ccc(C#Cc3ccccc3)cc2)CC1. The topological polar surface area (TPSA) is 47.3 Å². The molecule has 1 fully saturated rings. The van der Waals surface area contributed by atoms with Gasteiger partial charge in [0.25, 0.3) is 0 Å². The van der Waals surface area contributed by atoms with Crippen LogP contribution in [0, 0.1) is 23.2 Å². The highest BCUT2D eigenvalue weighted by Crippen LogP contribution is 2.24. The average molecular weight is 403 g/mol. The van der Waals surface area contributed by atoms with Crippen LogP contribution >= 0.6 is 0 Å². The van der Waals surface area contributed by atoms with Crippen LogP contribution in [0.1, 0.15) is 22.3 Å². The normalized spacial score (nSPS) is 12.9. The molecule has 31 heavy (non-hydrogen) atoms. The van der Waals surface area contributed by atoms with E-state index in [4.69, 9.17) is 0 Å². The van der Waals surface area contributed by atoms with Gasteiger partial charge in [-0.3, -0.25) is 0 Å². The summed E-state index contributed by atoms with van der Waals surface area (Å²) in [6.45, 7) is 2.87. The molecule has 4 heteroatoms. The first kappa shape index (κ1) is 20.0. The van der Waals surface area contributed by atoms with Gasteiger partial charge in [0.15, 0.2) is 5.94 Å². The summed E-state index contributed by atoms with van der Waals surface area (Å²) in [6.07, 6.45) is 0. The molecule has 1 saturated heterocycles. The molecule has 0 saturated carbocycles. The predicted octanol–water partition coefficient (Wildman–Crippen LogP) is 3.95. The van der Waals surface area contributed by atoms with E-state index in [9.17, 15) is 10.1 Å². The van der Waals surface area contributed by atoms with E-state index in [1.165, 1.54) is 0 Å². The molecule has 0 spiro atoms. The van der Waals surface area contributed by atoms with Gasteiger partial charge in [-0.1, -0.05) is 54.3 Å². The Labute approximate surface area is 182 Å². The molecule has 3 aromatic carbocycles. The second-order valence-corrected chi connectivity index (χ2v) is 7.25. The molecule has 0 N–H and O–H groups in total. The summed E-state index contributed by atoms with van der Waals surface area (Å²) in [5, 5.41) is 9.35. The Hall–Kier alpha value is -4.24. The van der Waals surface area contributed by atoms with Crippen LogP contribution in [0.2, 0.25) is 0 Å². The summed E-state index contributed by atoms with van der Waals surface area (Å²) in [5.74, 6) is 8.43. The van der Waals surface area contributed by atoms with E-state index in [1.54, 1.807) is 0 Å². The van der Waals surface area contributed by atoms with Crippen molar-refractivity contribution < 1.29 is 4.79 Å². The second kappa shape index (κ2) is 9.51. The van der Waals surface area contributed by atoms with Crippen molar-refractivity contribution in [2.75, 3.05) is 31.1 Å². The molecule has 4 rings (SSSR count). The molecule has 1 aliphatic heterocycles. The molecule has 0 aliphatic carbocycles. The van der Waals surface area contributed by atoms with E-state index < -0.39 is 0 Å². The maximum absolute atomic E-state index is 11.8. The van der Waals surface area contributed by atoms with Crippen LogP contribution in [0.4, 0.5) is 5.69 Å². The van der Waals surface area contributed by atoms with Crippen molar-refractivity contribution in [3.8, 4) is 17.9 Å². The minimum absolute atomic E-state index is 0.566. The molecule has 0 atom stereocenters. The number of piperazine rings is 1. The summed E-state index contributed by atoms with van der Waals surface area (Å²) in [5.41, 5.74) is 4.89. The summed E-state index contributed by atoms with van der Waals surface area (Å²) >= 11 is 0. The maximum atomic E-state index is 11.8. The number of benzene rings is 3. The Balaban J connectivity index is 1.44. The van der Waals surface area contributed by atoms with Crippen LogP contribution in [-0.2, 0) is 4.79 Å². The van der Waals surface area contributed by atoms with Gasteiger partial charge in [-0.15, -0.1) is 0 Å². The number of rotatable bonds is 3. The Morgan fingerprint density at radius 1 is 0.742 bits per heavy atom. The van der Waals surface area contributed by atoms with Crippen molar-refractivity contribution in [1.29, 1.82) is 5.26 Å². The largest absolute Gasteiger partial charge is 0.367 e. The number of anilines is 1. The molecule has 150 valence electrons. The number of hydrogen-bond donors (Lipinski definition) is 0. The van der Waals surface area contributed by atoms with Crippen LogP contribution < -0.4 is 4.90 Å². The zero-order chi connectivity index (χ0) is 21.5. The van der Waals surface area contributed by atoms with Gasteiger partial charge in [0.2, 0.25) is 0 Å². The van der Waals surface area contributed by atoms with Crippen LogP contribution in [0.25, 0.3) is 5.70 Å². The first-order chi connectivity index (χ1) is 15.3. The minimum atomic E-state index is 0.566. The van der Waals surface area contributed by atoms with Crippen molar-refractivity contribution in [1.82, 2.24) is 4.90 Å². The lowest BCUT2D eigenvalue weighted by atomic mass is 10.1. The zero-order valence-corrected chi connectivity index (χ0v) is 17.1. The first-order valence-corrected chi connectivity index (χ1v) is 10.2. The molecule has 4 nitrogen and oxygen atoms in total. The maximum Gasteiger partial charge on any atom is 0.151 e. The fourth-order valence-corrected chi connectivity index (χ4v) is 3.70. The van der Waals surface area contributed by atoms with Crippen LogP contribution in [0.15, 0.2) is 78.9 Å². The zero-order valence-electron chi connectivity index (χ0n) is 17.1. The molecule has 0 bridgehead atoms. The second-order valence-electron chi connectivity index (χ2n) is 7.25. The lowest BCUT2D eigenvalue weighted by Gasteiger charge is -2.37. The Kier molecular flexibility index (Phi) is 6.15. The fourth-order valence-electron chi connectivity index (χ4n) is 3.70. The highest BCUT2D eigenvalue weighted by atomic mass is 16.1. The van der Waals surface area contributed by atoms with Crippen molar-refractivity contribution in [2.45, 2.75) is 0 Å². The molecular weight excluding hydrogens is 382 g/mol. The molecule has 0 unspecified atom stereocenters. The van der Waals surface area contributed by atoms with E-state index >= 15 is 0 Å². The van der Waals surface area contributed by atoms with Crippen LogP contribution in [0.5, 0.6) is 0 Å². The van der Waals surface area contributed by atoms with Gasteiger partial charge in [0.05, 0.1) is 11.3 Å². The third kappa shape index (κ3) is 4.68. The third-order valence-electron chi connectivity index (χ3n) is 5.34. The number of nitriles is 1.